The van der Waals surface area contributed by atoms with E-state index in [-0.39, 0.29) is 22.8 Å². The van der Waals surface area contributed by atoms with Crippen molar-refractivity contribution in [2.75, 3.05) is 28.4 Å². The second-order valence-corrected chi connectivity index (χ2v) is 9.53. The van der Waals surface area contributed by atoms with Crippen LogP contribution in [0.15, 0.2) is 85.0 Å². The van der Waals surface area contributed by atoms with E-state index in [2.05, 4.69) is 0 Å². The van der Waals surface area contributed by atoms with Crippen LogP contribution in [0.2, 0.25) is 0 Å². The molecule has 0 heterocycles. The van der Waals surface area contributed by atoms with Crippen LogP contribution < -0.4 is 18.9 Å². The smallest absolute Gasteiger partial charge is 0.130 e. The second kappa shape index (κ2) is 11.5. The van der Waals surface area contributed by atoms with Crippen molar-refractivity contribution in [3.05, 3.63) is 107 Å². The van der Waals surface area contributed by atoms with Crippen molar-refractivity contribution >= 4 is 45.1 Å². The molecule has 0 bridgehead atoms. The molecule has 0 spiro atoms. The van der Waals surface area contributed by atoms with Gasteiger partial charge in [-0.1, -0.05) is 48.6 Å². The van der Waals surface area contributed by atoms with Gasteiger partial charge in [-0.2, -0.15) is 0 Å². The predicted octanol–water partition coefficient (Wildman–Crippen LogP) is 6.76. The van der Waals surface area contributed by atoms with Crippen molar-refractivity contribution in [1.29, 1.82) is 21.6 Å². The number of methoxy groups -OCH3 is 4. The quantitative estimate of drug-likeness (QED) is 0.227. The molecule has 0 aromatic heterocycles. The van der Waals surface area contributed by atoms with Gasteiger partial charge in [0.25, 0.3) is 0 Å². The molecular formula is C34H30N4O4. The molecule has 2 aliphatic rings. The minimum atomic E-state index is 0.0943. The van der Waals surface area contributed by atoms with Gasteiger partial charge in [0.15, 0.2) is 0 Å². The molecule has 8 heteroatoms. The number of hydrogen-bond acceptors (Lipinski definition) is 8. The third-order valence-electron chi connectivity index (χ3n) is 7.32. The van der Waals surface area contributed by atoms with Crippen LogP contribution in [-0.4, -0.2) is 51.3 Å². The Morgan fingerprint density at radius 1 is 0.405 bits per heavy atom. The first-order chi connectivity index (χ1) is 20.3. The molecule has 0 atom stereocenters. The summed E-state index contributed by atoms with van der Waals surface area (Å²) in [6.45, 7) is 0. The summed E-state index contributed by atoms with van der Waals surface area (Å²) in [6, 6.07) is 18.3. The number of ether oxygens (including phenoxy) is 4. The minimum Gasteiger partial charge on any atom is -0.497 e. The Balaban J connectivity index is 1.44. The number of hydrogen-bond donors (Lipinski definition) is 4. The highest BCUT2D eigenvalue weighted by Gasteiger charge is 2.26. The Labute approximate surface area is 244 Å². The van der Waals surface area contributed by atoms with E-state index in [0.717, 1.165) is 11.1 Å². The molecule has 210 valence electrons. The van der Waals surface area contributed by atoms with Crippen LogP contribution in [0.1, 0.15) is 22.3 Å². The lowest BCUT2D eigenvalue weighted by atomic mass is 9.84. The van der Waals surface area contributed by atoms with Crippen LogP contribution in [0.3, 0.4) is 0 Å². The van der Waals surface area contributed by atoms with E-state index in [1.54, 1.807) is 52.7 Å². The highest BCUT2D eigenvalue weighted by atomic mass is 16.5. The Morgan fingerprint density at radius 3 is 1.07 bits per heavy atom. The molecule has 8 nitrogen and oxygen atoms in total. The normalized spacial score (nSPS) is 15.0. The molecule has 4 N–H and O–H groups in total. The van der Waals surface area contributed by atoms with E-state index >= 15 is 0 Å². The third-order valence-corrected chi connectivity index (χ3v) is 7.32. The molecule has 3 aromatic rings. The van der Waals surface area contributed by atoms with Gasteiger partial charge in [0.2, 0.25) is 0 Å². The van der Waals surface area contributed by atoms with Crippen LogP contribution in [0.25, 0.3) is 22.3 Å². The first-order valence-corrected chi connectivity index (χ1v) is 13.1. The summed E-state index contributed by atoms with van der Waals surface area (Å²) in [4.78, 5) is 0. The molecule has 42 heavy (non-hydrogen) atoms. The fourth-order valence-electron chi connectivity index (χ4n) is 5.01. The van der Waals surface area contributed by atoms with E-state index in [0.29, 0.717) is 56.4 Å². The summed E-state index contributed by atoms with van der Waals surface area (Å²) in [6.07, 6.45) is 7.33. The van der Waals surface area contributed by atoms with E-state index in [9.17, 15) is 0 Å². The molecule has 0 radical (unpaired) electrons. The van der Waals surface area contributed by atoms with Crippen molar-refractivity contribution < 1.29 is 18.9 Å². The van der Waals surface area contributed by atoms with E-state index in [4.69, 9.17) is 40.6 Å². The van der Waals surface area contributed by atoms with Crippen LogP contribution in [-0.2, 0) is 0 Å². The van der Waals surface area contributed by atoms with Gasteiger partial charge in [0.1, 0.15) is 23.0 Å². The number of benzene rings is 3. The van der Waals surface area contributed by atoms with Crippen LogP contribution in [0.5, 0.6) is 23.0 Å². The van der Waals surface area contributed by atoms with Gasteiger partial charge in [0, 0.05) is 45.6 Å². The zero-order valence-electron chi connectivity index (χ0n) is 23.7. The molecule has 0 fully saturated rings. The van der Waals surface area contributed by atoms with E-state index < -0.39 is 0 Å². The summed E-state index contributed by atoms with van der Waals surface area (Å²) in [5.41, 5.74) is 5.81. The van der Waals surface area contributed by atoms with Crippen molar-refractivity contribution in [2.24, 2.45) is 0 Å². The topological polar surface area (TPSA) is 132 Å². The molecule has 0 unspecified atom stereocenters. The van der Waals surface area contributed by atoms with Gasteiger partial charge in [-0.25, -0.2) is 0 Å². The highest BCUT2D eigenvalue weighted by Crippen LogP contribution is 2.36. The first-order valence-electron chi connectivity index (χ1n) is 13.1. The summed E-state index contributed by atoms with van der Waals surface area (Å²) in [7, 11) is 6.29. The molecule has 3 aromatic carbocycles. The van der Waals surface area contributed by atoms with Crippen LogP contribution >= 0.6 is 0 Å². The zero-order chi connectivity index (χ0) is 30.0. The third kappa shape index (κ3) is 4.94. The monoisotopic (exact) mass is 558 g/mol. The lowest BCUT2D eigenvalue weighted by Crippen LogP contribution is -2.20. The van der Waals surface area contributed by atoms with Gasteiger partial charge in [0.05, 0.1) is 51.3 Å². The van der Waals surface area contributed by atoms with Crippen molar-refractivity contribution in [3.8, 4) is 23.0 Å². The average molecular weight is 559 g/mol. The van der Waals surface area contributed by atoms with Gasteiger partial charge >= 0.3 is 0 Å². The Hall–Kier alpha value is -5.50. The van der Waals surface area contributed by atoms with Gasteiger partial charge in [-0.15, -0.1) is 0 Å². The predicted molar refractivity (Wildman–Crippen MR) is 168 cm³/mol. The zero-order valence-corrected chi connectivity index (χ0v) is 23.7. The van der Waals surface area contributed by atoms with Crippen LogP contribution in [0.4, 0.5) is 0 Å². The van der Waals surface area contributed by atoms with Gasteiger partial charge < -0.3 is 18.9 Å². The summed E-state index contributed by atoms with van der Waals surface area (Å²) in [5.74, 6) is 2.42. The molecular weight excluding hydrogens is 528 g/mol. The Morgan fingerprint density at radius 2 is 0.738 bits per heavy atom. The fourth-order valence-corrected chi connectivity index (χ4v) is 5.01. The van der Waals surface area contributed by atoms with E-state index in [1.807, 2.05) is 60.7 Å². The fraction of sp³-hybridized carbons (Fsp3) is 0.118. The maximum absolute atomic E-state index is 8.75. The van der Waals surface area contributed by atoms with Crippen molar-refractivity contribution in [2.45, 2.75) is 0 Å². The number of allylic oxidation sites excluding steroid dienone is 8. The Kier molecular flexibility index (Phi) is 7.71. The first kappa shape index (κ1) is 28.0. The largest absolute Gasteiger partial charge is 0.497 e. The van der Waals surface area contributed by atoms with E-state index in [1.165, 1.54) is 0 Å². The summed E-state index contributed by atoms with van der Waals surface area (Å²) in [5, 5.41) is 35.0. The average Bonchev–Trinajstić information content (AvgIpc) is 3.03. The molecule has 2 aliphatic carbocycles. The molecule has 0 amide bonds. The summed E-state index contributed by atoms with van der Waals surface area (Å²) < 4.78 is 21.6. The minimum absolute atomic E-state index is 0.0943. The molecule has 0 saturated carbocycles. The standard InChI is InChI=1S/C34H30N4O4/c1-39-21-9-11-25(29(17-21)41-3)27-15-13-23(31(35)33(27)37)19-5-7-20(8-6-19)24-14-16-28(34(38)32(24)36)26-12-10-22(40-2)18-30(26)42-4/h5-18,35-38H,1-4H3. The lowest BCUT2D eigenvalue weighted by Gasteiger charge is -2.21. The maximum atomic E-state index is 8.75. The molecule has 0 saturated heterocycles. The van der Waals surface area contributed by atoms with Crippen molar-refractivity contribution in [1.82, 2.24) is 0 Å². The molecule has 0 aliphatic heterocycles. The highest BCUT2D eigenvalue weighted by molar-refractivity contribution is 6.69. The van der Waals surface area contributed by atoms with Crippen molar-refractivity contribution in [3.63, 3.8) is 0 Å². The summed E-state index contributed by atoms with van der Waals surface area (Å²) >= 11 is 0. The second-order valence-electron chi connectivity index (χ2n) is 9.53. The number of nitrogens with one attached hydrogen (secondary N) is 4. The maximum Gasteiger partial charge on any atom is 0.130 e. The molecule has 5 rings (SSSR count). The number of rotatable bonds is 8. The SMILES string of the molecule is COc1ccc(C2=CC=C(c3ccc(C4=CC=C(c5ccc(OC)cc5OC)C(=N)C4=N)cc3)C(=N)C2=N)c(OC)c1. The van der Waals surface area contributed by atoms with Gasteiger partial charge in [-0.05, 0) is 35.4 Å². The lowest BCUT2D eigenvalue weighted by molar-refractivity contribution is 0.393. The van der Waals surface area contributed by atoms with Crippen LogP contribution in [0, 0.1) is 21.6 Å². The van der Waals surface area contributed by atoms with Gasteiger partial charge in [-0.3, -0.25) is 21.6 Å². The Bertz CT molecular complexity index is 1640.